The lowest BCUT2D eigenvalue weighted by molar-refractivity contribution is -0.133. The van der Waals surface area contributed by atoms with Crippen molar-refractivity contribution < 1.29 is 18.5 Å². The van der Waals surface area contributed by atoms with E-state index in [0.717, 1.165) is 6.54 Å². The van der Waals surface area contributed by atoms with Gasteiger partial charge in [-0.2, -0.15) is 0 Å². The van der Waals surface area contributed by atoms with Gasteiger partial charge in [0.05, 0.1) is 16.6 Å². The Morgan fingerprint density at radius 1 is 0.976 bits per heavy atom. The molecule has 1 aromatic heterocycles. The number of likely N-dealkylation sites (tertiary alicyclic amines) is 1. The van der Waals surface area contributed by atoms with Gasteiger partial charge >= 0.3 is 6.03 Å². The van der Waals surface area contributed by atoms with Crippen molar-refractivity contribution in [2.75, 3.05) is 11.4 Å². The van der Waals surface area contributed by atoms with Gasteiger partial charge in [-0.05, 0) is 61.7 Å². The lowest BCUT2D eigenvalue weighted by atomic mass is 9.81. The number of carbonyl (C=O) groups is 2. The number of halogens is 3. The fourth-order valence-electron chi connectivity index (χ4n) is 5.90. The highest BCUT2D eigenvalue weighted by Crippen LogP contribution is 2.43. The summed E-state index contributed by atoms with van der Waals surface area (Å²) in [6.07, 6.45) is 0.819. The van der Waals surface area contributed by atoms with Crippen LogP contribution >= 0.6 is 23.2 Å². The predicted octanol–water partition coefficient (Wildman–Crippen LogP) is 7.18. The molecule has 2 aliphatic heterocycles. The van der Waals surface area contributed by atoms with Gasteiger partial charge in [-0.25, -0.2) is 9.18 Å². The second-order valence-corrected chi connectivity index (χ2v) is 11.4. The summed E-state index contributed by atoms with van der Waals surface area (Å²) in [4.78, 5) is 33.1. The van der Waals surface area contributed by atoms with Crippen LogP contribution in [0, 0.1) is 5.82 Å². The molecule has 10 heteroatoms. The zero-order valence-corrected chi connectivity index (χ0v) is 23.8. The molecule has 1 unspecified atom stereocenters. The highest BCUT2D eigenvalue weighted by Gasteiger charge is 2.60. The third kappa shape index (κ3) is 5.12. The lowest BCUT2D eigenvalue weighted by Gasteiger charge is -2.45. The van der Waals surface area contributed by atoms with Crippen LogP contribution in [0.4, 0.5) is 14.9 Å². The van der Waals surface area contributed by atoms with Crippen molar-refractivity contribution in [3.05, 3.63) is 106 Å². The molecule has 2 fully saturated rings. The minimum atomic E-state index is -1.15. The van der Waals surface area contributed by atoms with Gasteiger partial charge < -0.3 is 4.52 Å². The first-order valence-corrected chi connectivity index (χ1v) is 14.1. The molecule has 4 aromatic rings. The van der Waals surface area contributed by atoms with Crippen LogP contribution in [-0.2, 0) is 17.9 Å². The van der Waals surface area contributed by atoms with E-state index in [9.17, 15) is 14.0 Å². The number of urea groups is 1. The van der Waals surface area contributed by atoms with Crippen LogP contribution in [0.25, 0.3) is 11.3 Å². The molecule has 7 nitrogen and oxygen atoms in total. The number of benzene rings is 3. The molecule has 0 saturated carbocycles. The predicted molar refractivity (Wildman–Crippen MR) is 155 cm³/mol. The van der Waals surface area contributed by atoms with E-state index in [-0.39, 0.29) is 18.5 Å². The third-order valence-electron chi connectivity index (χ3n) is 7.94. The lowest BCUT2D eigenvalue weighted by Crippen LogP contribution is -2.59. The SMILES string of the molecule is C[C@H]1CC2(CCN1Cc1ccccc1)C(=O)N(Cc1cc(-c3ccc(Cl)c(Cl)c3)on1)C(=O)N2c1cccc(F)c1. The van der Waals surface area contributed by atoms with Crippen molar-refractivity contribution in [2.24, 2.45) is 0 Å². The molecular formula is C31H27Cl2FN4O3. The number of amides is 3. The molecule has 6 rings (SSSR count). The van der Waals surface area contributed by atoms with E-state index < -0.39 is 17.4 Å². The van der Waals surface area contributed by atoms with Gasteiger partial charge in [0.25, 0.3) is 5.91 Å². The number of aromatic nitrogens is 1. The molecule has 41 heavy (non-hydrogen) atoms. The molecule has 3 amide bonds. The zero-order chi connectivity index (χ0) is 28.7. The zero-order valence-electron chi connectivity index (χ0n) is 22.3. The van der Waals surface area contributed by atoms with Crippen LogP contribution in [0.3, 0.4) is 0 Å². The summed E-state index contributed by atoms with van der Waals surface area (Å²) >= 11 is 12.2. The van der Waals surface area contributed by atoms with E-state index in [1.165, 1.54) is 27.5 Å². The van der Waals surface area contributed by atoms with E-state index in [1.54, 1.807) is 36.4 Å². The monoisotopic (exact) mass is 592 g/mol. The summed E-state index contributed by atoms with van der Waals surface area (Å²) in [5.41, 5.74) is 1.45. The fourth-order valence-corrected chi connectivity index (χ4v) is 6.20. The summed E-state index contributed by atoms with van der Waals surface area (Å²) in [7, 11) is 0. The van der Waals surface area contributed by atoms with Crippen LogP contribution in [0.1, 0.15) is 31.0 Å². The quantitative estimate of drug-likeness (QED) is 0.222. The molecule has 210 valence electrons. The minimum absolute atomic E-state index is 0.00924. The Balaban J connectivity index is 1.30. The second-order valence-electron chi connectivity index (χ2n) is 10.6. The number of anilines is 1. The van der Waals surface area contributed by atoms with Crippen molar-refractivity contribution in [2.45, 2.75) is 44.4 Å². The van der Waals surface area contributed by atoms with Gasteiger partial charge in [0.2, 0.25) is 0 Å². The molecule has 3 heterocycles. The summed E-state index contributed by atoms with van der Waals surface area (Å²) < 4.78 is 19.9. The average molecular weight is 593 g/mol. The molecular weight excluding hydrogens is 566 g/mol. The largest absolute Gasteiger partial charge is 0.356 e. The first kappa shape index (κ1) is 27.4. The van der Waals surface area contributed by atoms with Crippen LogP contribution < -0.4 is 4.90 Å². The van der Waals surface area contributed by atoms with E-state index >= 15 is 0 Å². The van der Waals surface area contributed by atoms with Crippen molar-refractivity contribution in [1.29, 1.82) is 0 Å². The van der Waals surface area contributed by atoms with Crippen LogP contribution in [0.5, 0.6) is 0 Å². The topological polar surface area (TPSA) is 69.9 Å². The smallest absolute Gasteiger partial charge is 0.332 e. The number of hydrogen-bond donors (Lipinski definition) is 0. The Hall–Kier alpha value is -3.72. The Kier molecular flexibility index (Phi) is 7.32. The number of carbonyl (C=O) groups excluding carboxylic acids is 2. The number of piperidine rings is 1. The molecule has 0 radical (unpaired) electrons. The van der Waals surface area contributed by atoms with Gasteiger partial charge in [0.1, 0.15) is 17.1 Å². The Morgan fingerprint density at radius 2 is 1.78 bits per heavy atom. The van der Waals surface area contributed by atoms with E-state index in [2.05, 4.69) is 29.1 Å². The number of nitrogens with zero attached hydrogens (tertiary/aromatic N) is 4. The van der Waals surface area contributed by atoms with Crippen LogP contribution in [0.2, 0.25) is 10.0 Å². The molecule has 2 aliphatic rings. The van der Waals surface area contributed by atoms with Gasteiger partial charge in [-0.15, -0.1) is 0 Å². The summed E-state index contributed by atoms with van der Waals surface area (Å²) in [5.74, 6) is -0.372. The fraction of sp³-hybridized carbons (Fsp3) is 0.258. The average Bonchev–Trinajstić information content (AvgIpc) is 3.50. The Bertz CT molecular complexity index is 1610. The van der Waals surface area contributed by atoms with Gasteiger partial charge in [0, 0.05) is 36.4 Å². The second kappa shape index (κ2) is 10.9. The first-order chi connectivity index (χ1) is 19.7. The van der Waals surface area contributed by atoms with Crippen molar-refractivity contribution in [3.63, 3.8) is 0 Å². The molecule has 2 saturated heterocycles. The van der Waals surface area contributed by atoms with Crippen molar-refractivity contribution >= 4 is 40.8 Å². The molecule has 3 aromatic carbocycles. The Labute approximate surface area is 247 Å². The van der Waals surface area contributed by atoms with Gasteiger partial charge in [0.15, 0.2) is 5.76 Å². The standard InChI is InChI=1S/C31H27Cl2FN4O3/c1-20-17-31(12-13-36(20)18-21-6-3-2-4-7-21)29(39)37(30(40)38(31)25-9-5-8-23(34)15-25)19-24-16-28(41-35-24)22-10-11-26(32)27(33)14-22/h2-11,14-16,20H,12-13,17-19H2,1H3/t20-,31?/m0/s1. The molecule has 0 bridgehead atoms. The molecule has 2 atom stereocenters. The van der Waals surface area contributed by atoms with E-state index in [4.69, 9.17) is 27.7 Å². The van der Waals surface area contributed by atoms with Gasteiger partial charge in [-0.1, -0.05) is 64.8 Å². The maximum Gasteiger partial charge on any atom is 0.332 e. The maximum absolute atomic E-state index is 14.4. The van der Waals surface area contributed by atoms with Gasteiger partial charge in [-0.3, -0.25) is 19.5 Å². The maximum atomic E-state index is 14.4. The Morgan fingerprint density at radius 3 is 2.51 bits per heavy atom. The third-order valence-corrected chi connectivity index (χ3v) is 8.68. The van der Waals surface area contributed by atoms with Crippen LogP contribution in [0.15, 0.2) is 83.4 Å². The normalized spacial score (nSPS) is 21.3. The highest BCUT2D eigenvalue weighted by atomic mass is 35.5. The molecule has 0 N–H and O–H groups in total. The highest BCUT2D eigenvalue weighted by molar-refractivity contribution is 6.42. The first-order valence-electron chi connectivity index (χ1n) is 13.4. The summed E-state index contributed by atoms with van der Waals surface area (Å²) in [5, 5.41) is 4.89. The van der Waals surface area contributed by atoms with E-state index in [1.807, 2.05) is 18.2 Å². The summed E-state index contributed by atoms with van der Waals surface area (Å²) in [6, 6.07) is 22.2. The van der Waals surface area contributed by atoms with E-state index in [0.29, 0.717) is 52.1 Å². The van der Waals surface area contributed by atoms with Crippen LogP contribution in [-0.4, -0.2) is 45.0 Å². The number of hydrogen-bond acceptors (Lipinski definition) is 5. The summed E-state index contributed by atoms with van der Waals surface area (Å²) in [6.45, 7) is 3.31. The minimum Gasteiger partial charge on any atom is -0.356 e. The van der Waals surface area contributed by atoms with Crippen molar-refractivity contribution in [3.8, 4) is 11.3 Å². The van der Waals surface area contributed by atoms with Crippen molar-refractivity contribution in [1.82, 2.24) is 15.0 Å². The molecule has 1 spiro atoms. The molecule has 0 aliphatic carbocycles. The number of imide groups is 1. The number of rotatable bonds is 6.